The molecular formula is C12H17NO. The summed E-state index contributed by atoms with van der Waals surface area (Å²) in [6.07, 6.45) is 3.46. The molecule has 0 bridgehead atoms. The molecule has 1 aromatic rings. The highest BCUT2D eigenvalue weighted by molar-refractivity contribution is 5.55. The quantitative estimate of drug-likeness (QED) is 0.793. The summed E-state index contributed by atoms with van der Waals surface area (Å²) in [7, 11) is 0. The number of hydrogen-bond acceptors (Lipinski definition) is 2. The van der Waals surface area contributed by atoms with Crippen LogP contribution in [0.5, 0.6) is 5.75 Å². The van der Waals surface area contributed by atoms with Crippen LogP contribution < -0.4 is 10.1 Å². The van der Waals surface area contributed by atoms with Crippen molar-refractivity contribution in [3.8, 4) is 5.75 Å². The lowest BCUT2D eigenvalue weighted by molar-refractivity contribution is 0.317. The molecule has 2 heteroatoms. The molecule has 1 N–H and O–H groups in total. The highest BCUT2D eigenvalue weighted by Gasteiger charge is 2.08. The van der Waals surface area contributed by atoms with E-state index in [0.717, 1.165) is 25.3 Å². The van der Waals surface area contributed by atoms with E-state index in [1.54, 1.807) is 0 Å². The van der Waals surface area contributed by atoms with Gasteiger partial charge in [-0.15, -0.1) is 0 Å². The summed E-state index contributed by atoms with van der Waals surface area (Å²) in [6.45, 7) is 4.04. The third-order valence-corrected chi connectivity index (χ3v) is 2.49. The molecule has 1 aliphatic heterocycles. The second-order valence-electron chi connectivity index (χ2n) is 3.70. The molecule has 0 aromatic heterocycles. The number of nitrogens with one attached hydrogen (secondary N) is 1. The molecule has 1 aromatic carbocycles. The van der Waals surface area contributed by atoms with Crippen molar-refractivity contribution in [2.75, 3.05) is 18.5 Å². The Labute approximate surface area is 85.3 Å². The lowest BCUT2D eigenvalue weighted by Crippen LogP contribution is -2.11. The van der Waals surface area contributed by atoms with Gasteiger partial charge >= 0.3 is 0 Å². The van der Waals surface area contributed by atoms with Gasteiger partial charge in [0.25, 0.3) is 0 Å². The van der Waals surface area contributed by atoms with Crippen molar-refractivity contribution >= 4 is 5.69 Å². The number of rotatable bonds is 3. The lowest BCUT2D eigenvalue weighted by atomic mass is 10.0. The smallest absolute Gasteiger partial charge is 0.119 e. The van der Waals surface area contributed by atoms with Crippen LogP contribution in [0, 0.1) is 0 Å². The molecule has 0 radical (unpaired) electrons. The second kappa shape index (κ2) is 4.36. The Balaban J connectivity index is 2.12. The van der Waals surface area contributed by atoms with Crippen LogP contribution in [0.4, 0.5) is 5.69 Å². The fourth-order valence-corrected chi connectivity index (χ4v) is 1.76. The number of ether oxygens (including phenoxy) is 1. The molecule has 0 unspecified atom stereocenters. The van der Waals surface area contributed by atoms with Crippen molar-refractivity contribution in [2.45, 2.75) is 26.2 Å². The molecule has 2 rings (SSSR count). The minimum Gasteiger partial charge on any atom is -0.494 e. The van der Waals surface area contributed by atoms with Crippen molar-refractivity contribution in [1.29, 1.82) is 0 Å². The van der Waals surface area contributed by atoms with Gasteiger partial charge in [-0.1, -0.05) is 6.92 Å². The molecule has 0 fully saturated rings. The van der Waals surface area contributed by atoms with Gasteiger partial charge in [-0.05, 0) is 43.0 Å². The van der Waals surface area contributed by atoms with Gasteiger partial charge in [0.05, 0.1) is 6.61 Å². The maximum Gasteiger partial charge on any atom is 0.119 e. The zero-order valence-electron chi connectivity index (χ0n) is 8.68. The van der Waals surface area contributed by atoms with E-state index in [4.69, 9.17) is 4.74 Å². The molecule has 2 nitrogen and oxygen atoms in total. The molecular weight excluding hydrogens is 174 g/mol. The average molecular weight is 191 g/mol. The molecule has 0 spiro atoms. The molecule has 0 atom stereocenters. The number of hydrogen-bond donors (Lipinski definition) is 1. The molecule has 14 heavy (non-hydrogen) atoms. The minimum absolute atomic E-state index is 0.812. The Kier molecular flexibility index (Phi) is 2.92. The van der Waals surface area contributed by atoms with Gasteiger partial charge in [-0.25, -0.2) is 0 Å². The Morgan fingerprint density at radius 2 is 2.36 bits per heavy atom. The topological polar surface area (TPSA) is 21.3 Å². The van der Waals surface area contributed by atoms with Crippen LogP contribution in [0.25, 0.3) is 0 Å². The van der Waals surface area contributed by atoms with E-state index in [-0.39, 0.29) is 0 Å². The van der Waals surface area contributed by atoms with Gasteiger partial charge < -0.3 is 10.1 Å². The predicted molar refractivity (Wildman–Crippen MR) is 59.0 cm³/mol. The van der Waals surface area contributed by atoms with Gasteiger partial charge in [0.15, 0.2) is 0 Å². The van der Waals surface area contributed by atoms with E-state index in [1.807, 2.05) is 6.07 Å². The highest BCUT2D eigenvalue weighted by atomic mass is 16.5. The molecule has 0 saturated carbocycles. The Morgan fingerprint density at radius 3 is 3.21 bits per heavy atom. The van der Waals surface area contributed by atoms with E-state index in [9.17, 15) is 0 Å². The standard InChI is InChI=1S/C12H17NO/c1-2-8-14-11-5-6-12-10(9-11)4-3-7-13-12/h5-6,9,13H,2-4,7-8H2,1H3. The van der Waals surface area contributed by atoms with Gasteiger partial charge in [0.1, 0.15) is 5.75 Å². The van der Waals surface area contributed by atoms with Gasteiger partial charge in [-0.2, -0.15) is 0 Å². The average Bonchev–Trinajstić information content (AvgIpc) is 2.26. The normalized spacial score (nSPS) is 14.4. The van der Waals surface area contributed by atoms with Gasteiger partial charge in [0, 0.05) is 12.2 Å². The van der Waals surface area contributed by atoms with Crippen LogP contribution >= 0.6 is 0 Å². The molecule has 0 saturated heterocycles. The second-order valence-corrected chi connectivity index (χ2v) is 3.70. The summed E-state index contributed by atoms with van der Waals surface area (Å²) < 4.78 is 5.59. The summed E-state index contributed by atoms with van der Waals surface area (Å²) in [4.78, 5) is 0. The van der Waals surface area contributed by atoms with Crippen LogP contribution in [0.2, 0.25) is 0 Å². The molecule has 1 heterocycles. The van der Waals surface area contributed by atoms with Crippen LogP contribution in [-0.4, -0.2) is 13.2 Å². The van der Waals surface area contributed by atoms with E-state index in [2.05, 4.69) is 24.4 Å². The van der Waals surface area contributed by atoms with Crippen molar-refractivity contribution in [1.82, 2.24) is 0 Å². The van der Waals surface area contributed by atoms with Crippen LogP contribution in [0.15, 0.2) is 18.2 Å². The van der Waals surface area contributed by atoms with Crippen molar-refractivity contribution in [2.24, 2.45) is 0 Å². The molecule has 0 aliphatic carbocycles. The number of aryl methyl sites for hydroxylation is 1. The Bertz CT molecular complexity index is 309. The van der Waals surface area contributed by atoms with E-state index in [0.29, 0.717) is 0 Å². The Morgan fingerprint density at radius 1 is 1.43 bits per heavy atom. The predicted octanol–water partition coefficient (Wildman–Crippen LogP) is 2.83. The molecule has 1 aliphatic rings. The van der Waals surface area contributed by atoms with Crippen molar-refractivity contribution in [3.05, 3.63) is 23.8 Å². The van der Waals surface area contributed by atoms with E-state index >= 15 is 0 Å². The maximum absolute atomic E-state index is 5.59. The van der Waals surface area contributed by atoms with E-state index in [1.165, 1.54) is 24.1 Å². The Hall–Kier alpha value is -1.18. The first-order valence-corrected chi connectivity index (χ1v) is 5.40. The van der Waals surface area contributed by atoms with Crippen molar-refractivity contribution in [3.63, 3.8) is 0 Å². The number of benzene rings is 1. The van der Waals surface area contributed by atoms with Gasteiger partial charge in [-0.3, -0.25) is 0 Å². The third-order valence-electron chi connectivity index (χ3n) is 2.49. The monoisotopic (exact) mass is 191 g/mol. The minimum atomic E-state index is 0.812. The summed E-state index contributed by atoms with van der Waals surface area (Å²) in [5.74, 6) is 1.01. The number of anilines is 1. The third kappa shape index (κ3) is 2.00. The molecule has 76 valence electrons. The summed E-state index contributed by atoms with van der Waals surface area (Å²) >= 11 is 0. The summed E-state index contributed by atoms with van der Waals surface area (Å²) in [5.41, 5.74) is 2.67. The first-order chi connectivity index (χ1) is 6.90. The first-order valence-electron chi connectivity index (χ1n) is 5.40. The fourth-order valence-electron chi connectivity index (χ4n) is 1.76. The van der Waals surface area contributed by atoms with E-state index < -0.39 is 0 Å². The first kappa shape index (κ1) is 9.38. The zero-order chi connectivity index (χ0) is 9.80. The van der Waals surface area contributed by atoms with Crippen LogP contribution in [0.3, 0.4) is 0 Å². The SMILES string of the molecule is CCCOc1ccc2c(c1)CCCN2. The summed E-state index contributed by atoms with van der Waals surface area (Å²) in [5, 5.41) is 3.39. The van der Waals surface area contributed by atoms with Crippen LogP contribution in [-0.2, 0) is 6.42 Å². The molecule has 0 amide bonds. The van der Waals surface area contributed by atoms with Crippen molar-refractivity contribution < 1.29 is 4.74 Å². The zero-order valence-corrected chi connectivity index (χ0v) is 8.68. The highest BCUT2D eigenvalue weighted by Crippen LogP contribution is 2.26. The largest absolute Gasteiger partial charge is 0.494 e. The maximum atomic E-state index is 5.59. The van der Waals surface area contributed by atoms with Crippen LogP contribution in [0.1, 0.15) is 25.3 Å². The number of fused-ring (bicyclic) bond motifs is 1. The fraction of sp³-hybridized carbons (Fsp3) is 0.500. The lowest BCUT2D eigenvalue weighted by Gasteiger charge is -2.18. The van der Waals surface area contributed by atoms with Gasteiger partial charge in [0.2, 0.25) is 0 Å². The summed E-state index contributed by atoms with van der Waals surface area (Å²) in [6, 6.07) is 6.34.